The Labute approximate surface area is 167 Å². The second-order valence-electron chi connectivity index (χ2n) is 6.64. The van der Waals surface area contributed by atoms with E-state index in [-0.39, 0.29) is 0 Å². The van der Waals surface area contributed by atoms with Crippen molar-refractivity contribution in [3.8, 4) is 0 Å². The molecule has 0 saturated heterocycles. The highest BCUT2D eigenvalue weighted by Crippen LogP contribution is 2.29. The smallest absolute Gasteiger partial charge is 0.357 e. The number of aromatic nitrogens is 2. The van der Waals surface area contributed by atoms with E-state index >= 15 is 0 Å². The molecule has 0 amide bonds. The predicted octanol–water partition coefficient (Wildman–Crippen LogP) is 3.89. The molecular weight excluding hydrogens is 379 g/mol. The van der Waals surface area contributed by atoms with Crippen molar-refractivity contribution in [2.24, 2.45) is 12.0 Å². The van der Waals surface area contributed by atoms with E-state index in [9.17, 15) is 13.2 Å². The number of hydrogen-bond acceptors (Lipinski definition) is 2. The molecule has 3 aromatic rings. The molecule has 0 saturated carbocycles. The van der Waals surface area contributed by atoms with E-state index in [0.717, 1.165) is 34.6 Å². The molecule has 0 atom stereocenters. The van der Waals surface area contributed by atoms with Gasteiger partial charge in [0.15, 0.2) is 5.96 Å². The fourth-order valence-corrected chi connectivity index (χ4v) is 3.01. The molecule has 3 rings (SSSR count). The highest BCUT2D eigenvalue weighted by atomic mass is 19.4. The fourth-order valence-electron chi connectivity index (χ4n) is 3.01. The fraction of sp³-hybridized carbons (Fsp3) is 0.333. The molecule has 0 aliphatic rings. The summed E-state index contributed by atoms with van der Waals surface area (Å²) in [6, 6.07) is 13.2. The second kappa shape index (κ2) is 8.98. The van der Waals surface area contributed by atoms with Crippen molar-refractivity contribution in [2.45, 2.75) is 26.1 Å². The lowest BCUT2D eigenvalue weighted by atomic mass is 10.1. The average Bonchev–Trinajstić information content (AvgIpc) is 3.02. The maximum absolute atomic E-state index is 12.6. The standard InChI is InChI=1S/C21H24F3N5/c1-3-25-20(26-13-12-15-8-10-16(11-9-15)21(22,23)24)27-14-19-28-17-6-4-5-7-18(17)29(19)2/h4-11H,3,12-14H2,1-2H3,(H2,25,26,27). The van der Waals surface area contributed by atoms with Crippen molar-refractivity contribution >= 4 is 17.0 Å². The molecule has 5 nitrogen and oxygen atoms in total. The molecule has 0 aliphatic carbocycles. The first-order chi connectivity index (χ1) is 13.9. The molecule has 0 spiro atoms. The zero-order valence-corrected chi connectivity index (χ0v) is 16.4. The normalized spacial score (nSPS) is 12.4. The number of hydrogen-bond donors (Lipinski definition) is 2. The summed E-state index contributed by atoms with van der Waals surface area (Å²) in [5.41, 5.74) is 2.18. The van der Waals surface area contributed by atoms with Gasteiger partial charge in [-0.2, -0.15) is 13.2 Å². The van der Waals surface area contributed by atoms with Gasteiger partial charge in [-0.1, -0.05) is 24.3 Å². The molecule has 1 heterocycles. The van der Waals surface area contributed by atoms with E-state index < -0.39 is 11.7 Å². The van der Waals surface area contributed by atoms with Crippen molar-refractivity contribution < 1.29 is 13.2 Å². The number of nitrogens with zero attached hydrogens (tertiary/aromatic N) is 3. The Morgan fingerprint density at radius 2 is 1.79 bits per heavy atom. The molecule has 0 fully saturated rings. The number of fused-ring (bicyclic) bond motifs is 1. The molecular formula is C21H24F3N5. The third-order valence-electron chi connectivity index (χ3n) is 4.59. The third kappa shape index (κ3) is 5.28. The summed E-state index contributed by atoms with van der Waals surface area (Å²) in [7, 11) is 1.96. The molecule has 1 aromatic heterocycles. The summed E-state index contributed by atoms with van der Waals surface area (Å²) in [4.78, 5) is 9.19. The van der Waals surface area contributed by atoms with E-state index in [1.165, 1.54) is 12.1 Å². The predicted molar refractivity (Wildman–Crippen MR) is 109 cm³/mol. The van der Waals surface area contributed by atoms with E-state index in [2.05, 4.69) is 20.6 Å². The first kappa shape index (κ1) is 20.7. The Kier molecular flexibility index (Phi) is 6.41. The highest BCUT2D eigenvalue weighted by Gasteiger charge is 2.29. The van der Waals surface area contributed by atoms with Crippen LogP contribution in [0.2, 0.25) is 0 Å². The van der Waals surface area contributed by atoms with Crippen LogP contribution in [0.25, 0.3) is 11.0 Å². The minimum Gasteiger partial charge on any atom is -0.357 e. The van der Waals surface area contributed by atoms with Crippen LogP contribution in [-0.2, 0) is 26.2 Å². The van der Waals surface area contributed by atoms with Crippen molar-refractivity contribution in [1.29, 1.82) is 0 Å². The van der Waals surface area contributed by atoms with Gasteiger partial charge in [-0.05, 0) is 43.2 Å². The van der Waals surface area contributed by atoms with E-state index in [0.29, 0.717) is 32.0 Å². The molecule has 0 radical (unpaired) electrons. The summed E-state index contributed by atoms with van der Waals surface area (Å²) in [6.45, 7) is 3.65. The van der Waals surface area contributed by atoms with Crippen molar-refractivity contribution in [3.63, 3.8) is 0 Å². The number of aliphatic imine (C=N–C) groups is 1. The van der Waals surface area contributed by atoms with Crippen molar-refractivity contribution in [2.75, 3.05) is 13.1 Å². The van der Waals surface area contributed by atoms with Gasteiger partial charge < -0.3 is 15.2 Å². The van der Waals surface area contributed by atoms with Gasteiger partial charge in [0.1, 0.15) is 12.4 Å². The lowest BCUT2D eigenvalue weighted by Gasteiger charge is -2.12. The SMILES string of the molecule is CCNC(=NCc1nc2ccccc2n1C)NCCc1ccc(C(F)(F)F)cc1. The minimum atomic E-state index is -4.31. The number of halogens is 3. The molecule has 0 unspecified atom stereocenters. The van der Waals surface area contributed by atoms with Crippen LogP contribution >= 0.6 is 0 Å². The number of imidazole rings is 1. The molecule has 2 N–H and O–H groups in total. The van der Waals surface area contributed by atoms with Gasteiger partial charge in [0, 0.05) is 20.1 Å². The second-order valence-corrected chi connectivity index (χ2v) is 6.64. The zero-order valence-electron chi connectivity index (χ0n) is 16.4. The van der Waals surface area contributed by atoms with Crippen LogP contribution in [0.15, 0.2) is 53.5 Å². The topological polar surface area (TPSA) is 54.2 Å². The van der Waals surface area contributed by atoms with Crippen molar-refractivity contribution in [3.05, 3.63) is 65.5 Å². The summed E-state index contributed by atoms with van der Waals surface area (Å²) >= 11 is 0. The molecule has 2 aromatic carbocycles. The maximum atomic E-state index is 12.6. The number of benzene rings is 2. The Hall–Kier alpha value is -3.03. The highest BCUT2D eigenvalue weighted by molar-refractivity contribution is 5.80. The quantitative estimate of drug-likeness (QED) is 0.485. The lowest BCUT2D eigenvalue weighted by Crippen LogP contribution is -2.38. The molecule has 29 heavy (non-hydrogen) atoms. The van der Waals surface area contributed by atoms with Crippen LogP contribution < -0.4 is 10.6 Å². The Morgan fingerprint density at radius 1 is 1.07 bits per heavy atom. The maximum Gasteiger partial charge on any atom is 0.416 e. The van der Waals surface area contributed by atoms with Gasteiger partial charge in [-0.15, -0.1) is 0 Å². The first-order valence-corrected chi connectivity index (χ1v) is 9.47. The summed E-state index contributed by atoms with van der Waals surface area (Å²) < 4.78 is 39.9. The van der Waals surface area contributed by atoms with Crippen LogP contribution in [0.5, 0.6) is 0 Å². The van der Waals surface area contributed by atoms with Gasteiger partial charge in [0.05, 0.1) is 16.6 Å². The number of rotatable bonds is 6. The molecule has 8 heteroatoms. The van der Waals surface area contributed by atoms with Crippen LogP contribution in [0.4, 0.5) is 13.2 Å². The Bertz CT molecular complexity index is 974. The van der Waals surface area contributed by atoms with Crippen LogP contribution in [-0.4, -0.2) is 28.6 Å². The van der Waals surface area contributed by atoms with Crippen molar-refractivity contribution in [1.82, 2.24) is 20.2 Å². The lowest BCUT2D eigenvalue weighted by molar-refractivity contribution is -0.137. The minimum absolute atomic E-state index is 0.417. The number of alkyl halides is 3. The molecule has 154 valence electrons. The zero-order chi connectivity index (χ0) is 20.9. The summed E-state index contributed by atoms with van der Waals surface area (Å²) in [5.74, 6) is 1.50. The molecule has 0 bridgehead atoms. The van der Waals surface area contributed by atoms with Gasteiger partial charge in [0.2, 0.25) is 0 Å². The number of guanidine groups is 1. The van der Waals surface area contributed by atoms with E-state index in [4.69, 9.17) is 0 Å². The third-order valence-corrected chi connectivity index (χ3v) is 4.59. The van der Waals surface area contributed by atoms with Crippen LogP contribution in [0.1, 0.15) is 23.9 Å². The first-order valence-electron chi connectivity index (χ1n) is 9.47. The Morgan fingerprint density at radius 3 is 2.45 bits per heavy atom. The van der Waals surface area contributed by atoms with Gasteiger partial charge >= 0.3 is 6.18 Å². The van der Waals surface area contributed by atoms with Crippen LogP contribution in [0.3, 0.4) is 0 Å². The summed E-state index contributed by atoms with van der Waals surface area (Å²) in [6.07, 6.45) is -3.72. The van der Waals surface area contributed by atoms with E-state index in [1.807, 2.05) is 42.8 Å². The Balaban J connectivity index is 1.60. The molecule has 0 aliphatic heterocycles. The largest absolute Gasteiger partial charge is 0.416 e. The number of nitrogens with one attached hydrogen (secondary N) is 2. The van der Waals surface area contributed by atoms with Gasteiger partial charge in [-0.25, -0.2) is 9.98 Å². The van der Waals surface area contributed by atoms with Crippen LogP contribution in [0, 0.1) is 0 Å². The van der Waals surface area contributed by atoms with Gasteiger partial charge in [-0.3, -0.25) is 0 Å². The van der Waals surface area contributed by atoms with Gasteiger partial charge in [0.25, 0.3) is 0 Å². The van der Waals surface area contributed by atoms with E-state index in [1.54, 1.807) is 0 Å². The summed E-state index contributed by atoms with van der Waals surface area (Å²) in [5, 5.41) is 6.39. The number of para-hydroxylation sites is 2. The average molecular weight is 403 g/mol. The number of aryl methyl sites for hydroxylation is 1. The monoisotopic (exact) mass is 403 g/mol.